The first-order valence-electron chi connectivity index (χ1n) is 6.86. The molecule has 1 aromatic rings. The predicted octanol–water partition coefficient (Wildman–Crippen LogP) is 0.372. The lowest BCUT2D eigenvalue weighted by atomic mass is 10.1. The third-order valence-corrected chi connectivity index (χ3v) is 3.36. The number of benzene rings is 1. The SMILES string of the molecule is CNC(=O)c1cc(N)ccc1NCCN1CCOCC1. The van der Waals surface area contributed by atoms with Gasteiger partial charge in [0, 0.05) is 44.6 Å². The van der Waals surface area contributed by atoms with Crippen molar-refractivity contribution in [3.05, 3.63) is 23.8 Å². The number of amides is 1. The van der Waals surface area contributed by atoms with Gasteiger partial charge in [-0.05, 0) is 18.2 Å². The Hall–Kier alpha value is -1.79. The molecule has 0 atom stereocenters. The summed E-state index contributed by atoms with van der Waals surface area (Å²) >= 11 is 0. The number of hydrogen-bond acceptors (Lipinski definition) is 5. The van der Waals surface area contributed by atoms with Crippen LogP contribution in [0.15, 0.2) is 18.2 Å². The molecule has 110 valence electrons. The van der Waals surface area contributed by atoms with Crippen LogP contribution < -0.4 is 16.4 Å². The number of anilines is 2. The summed E-state index contributed by atoms with van der Waals surface area (Å²) in [5.74, 6) is -0.133. The zero-order chi connectivity index (χ0) is 14.4. The third kappa shape index (κ3) is 3.85. The Labute approximate surface area is 119 Å². The second kappa shape index (κ2) is 7.12. The fourth-order valence-electron chi connectivity index (χ4n) is 2.21. The monoisotopic (exact) mass is 278 g/mol. The Bertz CT molecular complexity index is 458. The van der Waals surface area contributed by atoms with E-state index in [-0.39, 0.29) is 5.91 Å². The molecule has 0 spiro atoms. The molecular formula is C14H22N4O2. The summed E-state index contributed by atoms with van der Waals surface area (Å²) in [5.41, 5.74) is 7.71. The summed E-state index contributed by atoms with van der Waals surface area (Å²) in [6.45, 7) is 5.24. The van der Waals surface area contributed by atoms with Gasteiger partial charge in [-0.25, -0.2) is 0 Å². The Morgan fingerprint density at radius 1 is 1.40 bits per heavy atom. The van der Waals surface area contributed by atoms with E-state index in [1.807, 2.05) is 6.07 Å². The highest BCUT2D eigenvalue weighted by Crippen LogP contribution is 2.18. The Kier molecular flexibility index (Phi) is 5.20. The van der Waals surface area contributed by atoms with Gasteiger partial charge in [0.2, 0.25) is 0 Å². The van der Waals surface area contributed by atoms with E-state index in [2.05, 4.69) is 15.5 Å². The Morgan fingerprint density at radius 2 is 2.15 bits per heavy atom. The van der Waals surface area contributed by atoms with E-state index in [1.165, 1.54) is 0 Å². The number of nitrogens with two attached hydrogens (primary N) is 1. The molecule has 6 heteroatoms. The van der Waals surface area contributed by atoms with Crippen LogP contribution in [0, 0.1) is 0 Å². The van der Waals surface area contributed by atoms with Crippen LogP contribution in [-0.2, 0) is 4.74 Å². The molecule has 1 aromatic carbocycles. The largest absolute Gasteiger partial charge is 0.399 e. The normalized spacial score (nSPS) is 15.8. The molecule has 6 nitrogen and oxygen atoms in total. The van der Waals surface area contributed by atoms with Crippen molar-refractivity contribution >= 4 is 17.3 Å². The van der Waals surface area contributed by atoms with Crippen molar-refractivity contribution in [2.24, 2.45) is 0 Å². The molecule has 4 N–H and O–H groups in total. The molecule has 1 amide bonds. The molecule has 1 aliphatic rings. The minimum atomic E-state index is -0.133. The third-order valence-electron chi connectivity index (χ3n) is 3.36. The molecule has 0 radical (unpaired) electrons. The quantitative estimate of drug-likeness (QED) is 0.678. The maximum absolute atomic E-state index is 11.8. The van der Waals surface area contributed by atoms with Crippen molar-refractivity contribution in [3.63, 3.8) is 0 Å². The standard InChI is InChI=1S/C14H22N4O2/c1-16-14(19)12-10-11(15)2-3-13(12)17-4-5-18-6-8-20-9-7-18/h2-3,10,17H,4-9,15H2,1H3,(H,16,19). The highest BCUT2D eigenvalue weighted by atomic mass is 16.5. The molecule has 1 saturated heterocycles. The molecule has 1 heterocycles. The molecule has 0 saturated carbocycles. The molecule has 2 rings (SSSR count). The van der Waals surface area contributed by atoms with E-state index in [9.17, 15) is 4.79 Å². The number of carbonyl (C=O) groups excluding carboxylic acids is 1. The summed E-state index contributed by atoms with van der Waals surface area (Å²) in [7, 11) is 1.61. The molecule has 0 unspecified atom stereocenters. The van der Waals surface area contributed by atoms with Gasteiger partial charge >= 0.3 is 0 Å². The fourth-order valence-corrected chi connectivity index (χ4v) is 2.21. The lowest BCUT2D eigenvalue weighted by Crippen LogP contribution is -2.39. The maximum atomic E-state index is 11.8. The first kappa shape index (κ1) is 14.6. The van der Waals surface area contributed by atoms with Crippen LogP contribution in [0.25, 0.3) is 0 Å². The summed E-state index contributed by atoms with van der Waals surface area (Å²) in [4.78, 5) is 14.2. The second-order valence-electron chi connectivity index (χ2n) is 4.76. The number of hydrogen-bond donors (Lipinski definition) is 3. The number of morpholine rings is 1. The molecule has 1 aliphatic heterocycles. The molecule has 20 heavy (non-hydrogen) atoms. The number of nitrogen functional groups attached to an aromatic ring is 1. The molecular weight excluding hydrogens is 256 g/mol. The highest BCUT2D eigenvalue weighted by molar-refractivity contribution is 6.00. The second-order valence-corrected chi connectivity index (χ2v) is 4.76. The smallest absolute Gasteiger partial charge is 0.253 e. The predicted molar refractivity (Wildman–Crippen MR) is 80.0 cm³/mol. The van der Waals surface area contributed by atoms with Gasteiger partial charge in [-0.1, -0.05) is 0 Å². The first-order valence-corrected chi connectivity index (χ1v) is 6.86. The Balaban J connectivity index is 1.92. The van der Waals surface area contributed by atoms with E-state index in [0.717, 1.165) is 45.1 Å². The number of carbonyl (C=O) groups is 1. The van der Waals surface area contributed by atoms with Crippen LogP contribution in [-0.4, -0.2) is 57.2 Å². The van der Waals surface area contributed by atoms with Gasteiger partial charge in [-0.3, -0.25) is 9.69 Å². The number of ether oxygens (including phenoxy) is 1. The van der Waals surface area contributed by atoms with E-state index < -0.39 is 0 Å². The van der Waals surface area contributed by atoms with E-state index in [0.29, 0.717) is 11.3 Å². The van der Waals surface area contributed by atoms with Crippen LogP contribution >= 0.6 is 0 Å². The van der Waals surface area contributed by atoms with Gasteiger partial charge in [0.15, 0.2) is 0 Å². The number of nitrogens with zero attached hydrogens (tertiary/aromatic N) is 1. The van der Waals surface area contributed by atoms with Crippen molar-refractivity contribution in [2.45, 2.75) is 0 Å². The van der Waals surface area contributed by atoms with Crippen molar-refractivity contribution < 1.29 is 9.53 Å². The minimum Gasteiger partial charge on any atom is -0.399 e. The van der Waals surface area contributed by atoms with Crippen LogP contribution in [0.5, 0.6) is 0 Å². The zero-order valence-corrected chi connectivity index (χ0v) is 11.8. The van der Waals surface area contributed by atoms with Crippen LogP contribution in [0.2, 0.25) is 0 Å². The van der Waals surface area contributed by atoms with E-state index >= 15 is 0 Å². The van der Waals surface area contributed by atoms with Crippen molar-refractivity contribution in [1.82, 2.24) is 10.2 Å². The van der Waals surface area contributed by atoms with Crippen LogP contribution in [0.3, 0.4) is 0 Å². The molecule has 1 fully saturated rings. The van der Waals surface area contributed by atoms with Crippen molar-refractivity contribution in [3.8, 4) is 0 Å². The van der Waals surface area contributed by atoms with Gasteiger partial charge in [0.05, 0.1) is 18.8 Å². The number of rotatable bonds is 5. The summed E-state index contributed by atoms with van der Waals surface area (Å²) < 4.78 is 5.31. The lowest BCUT2D eigenvalue weighted by Gasteiger charge is -2.26. The first-order chi connectivity index (χ1) is 9.70. The lowest BCUT2D eigenvalue weighted by molar-refractivity contribution is 0.0398. The van der Waals surface area contributed by atoms with Gasteiger partial charge in [0.25, 0.3) is 5.91 Å². The van der Waals surface area contributed by atoms with Crippen molar-refractivity contribution in [2.75, 3.05) is 57.5 Å². The summed E-state index contributed by atoms with van der Waals surface area (Å²) in [6, 6.07) is 5.33. The van der Waals surface area contributed by atoms with E-state index in [1.54, 1.807) is 19.2 Å². The average molecular weight is 278 g/mol. The van der Waals surface area contributed by atoms with Crippen LogP contribution in [0.1, 0.15) is 10.4 Å². The Morgan fingerprint density at radius 3 is 2.85 bits per heavy atom. The molecule has 0 bridgehead atoms. The maximum Gasteiger partial charge on any atom is 0.253 e. The van der Waals surface area contributed by atoms with Crippen molar-refractivity contribution in [1.29, 1.82) is 0 Å². The zero-order valence-electron chi connectivity index (χ0n) is 11.8. The topological polar surface area (TPSA) is 79.6 Å². The number of nitrogens with one attached hydrogen (secondary N) is 2. The minimum absolute atomic E-state index is 0.133. The van der Waals surface area contributed by atoms with E-state index in [4.69, 9.17) is 10.5 Å². The van der Waals surface area contributed by atoms with Gasteiger partial charge in [-0.15, -0.1) is 0 Å². The average Bonchev–Trinajstić information content (AvgIpc) is 2.49. The molecule has 0 aliphatic carbocycles. The van der Waals surface area contributed by atoms with Gasteiger partial charge in [-0.2, -0.15) is 0 Å². The highest BCUT2D eigenvalue weighted by Gasteiger charge is 2.12. The fraction of sp³-hybridized carbons (Fsp3) is 0.500. The molecule has 0 aromatic heterocycles. The van der Waals surface area contributed by atoms with Crippen LogP contribution in [0.4, 0.5) is 11.4 Å². The summed E-state index contributed by atoms with van der Waals surface area (Å²) in [5, 5.41) is 5.93. The summed E-state index contributed by atoms with van der Waals surface area (Å²) in [6.07, 6.45) is 0. The van der Waals surface area contributed by atoms with Gasteiger partial charge < -0.3 is 21.1 Å². The van der Waals surface area contributed by atoms with Gasteiger partial charge in [0.1, 0.15) is 0 Å².